The van der Waals surface area contributed by atoms with Crippen LogP contribution in [-0.2, 0) is 16.1 Å². The van der Waals surface area contributed by atoms with Crippen molar-refractivity contribution in [3.63, 3.8) is 0 Å². The molecule has 27 heavy (non-hydrogen) atoms. The highest BCUT2D eigenvalue weighted by Gasteiger charge is 2.24. The molecule has 1 aromatic carbocycles. The Kier molecular flexibility index (Phi) is 10.5. The van der Waals surface area contributed by atoms with Crippen molar-refractivity contribution < 1.29 is 18.3 Å². The van der Waals surface area contributed by atoms with Gasteiger partial charge in [0.05, 0.1) is 13.2 Å². The molecule has 1 amide bonds. The van der Waals surface area contributed by atoms with Gasteiger partial charge < -0.3 is 15.4 Å². The third kappa shape index (κ3) is 7.16. The SMILES string of the molecule is Cl.Cl.O=C(CC1COCCN1)NC1CCCN(Cc2c(F)cccc2F)C1. The summed E-state index contributed by atoms with van der Waals surface area (Å²) in [5.74, 6) is -1.05. The van der Waals surface area contributed by atoms with Crippen molar-refractivity contribution in [2.45, 2.75) is 37.9 Å². The molecule has 0 spiro atoms. The fourth-order valence-corrected chi connectivity index (χ4v) is 3.49. The van der Waals surface area contributed by atoms with Gasteiger partial charge in [-0.05, 0) is 31.5 Å². The van der Waals surface area contributed by atoms with Crippen molar-refractivity contribution in [1.29, 1.82) is 0 Å². The Morgan fingerprint density at radius 2 is 2.04 bits per heavy atom. The van der Waals surface area contributed by atoms with Crippen LogP contribution < -0.4 is 10.6 Å². The van der Waals surface area contributed by atoms with Crippen molar-refractivity contribution in [3.8, 4) is 0 Å². The predicted octanol–water partition coefficient (Wildman–Crippen LogP) is 2.27. The standard InChI is InChI=1S/C18H25F2N3O2.2ClH/c19-16-4-1-5-17(20)15(16)11-23-7-2-3-13(10-23)22-18(24)9-14-12-25-8-6-21-14;;/h1,4-5,13-14,21H,2-3,6-12H2,(H,22,24);2*1H. The number of nitrogens with zero attached hydrogens (tertiary/aromatic N) is 1. The number of hydrogen-bond acceptors (Lipinski definition) is 4. The topological polar surface area (TPSA) is 53.6 Å². The average molecular weight is 426 g/mol. The van der Waals surface area contributed by atoms with Gasteiger partial charge in [0.2, 0.25) is 5.91 Å². The summed E-state index contributed by atoms with van der Waals surface area (Å²) in [5.41, 5.74) is 0.0954. The molecule has 0 bridgehead atoms. The number of carbonyl (C=O) groups excluding carboxylic acids is 1. The highest BCUT2D eigenvalue weighted by atomic mass is 35.5. The van der Waals surface area contributed by atoms with Crippen LogP contribution in [0.2, 0.25) is 0 Å². The van der Waals surface area contributed by atoms with Crippen LogP contribution in [0.5, 0.6) is 0 Å². The Morgan fingerprint density at radius 3 is 2.70 bits per heavy atom. The van der Waals surface area contributed by atoms with Gasteiger partial charge in [-0.15, -0.1) is 24.8 Å². The molecule has 2 unspecified atom stereocenters. The molecule has 9 heteroatoms. The summed E-state index contributed by atoms with van der Waals surface area (Å²) in [4.78, 5) is 14.2. The van der Waals surface area contributed by atoms with Gasteiger partial charge in [-0.25, -0.2) is 8.78 Å². The molecule has 0 aromatic heterocycles. The molecular weight excluding hydrogens is 399 g/mol. The first-order valence-electron chi connectivity index (χ1n) is 8.87. The highest BCUT2D eigenvalue weighted by Crippen LogP contribution is 2.18. The molecule has 1 aromatic rings. The molecule has 0 aliphatic carbocycles. The van der Waals surface area contributed by atoms with E-state index in [4.69, 9.17) is 4.74 Å². The predicted molar refractivity (Wildman–Crippen MR) is 105 cm³/mol. The Labute approximate surface area is 171 Å². The number of ether oxygens (including phenoxy) is 1. The van der Waals surface area contributed by atoms with E-state index in [0.29, 0.717) is 26.2 Å². The summed E-state index contributed by atoms with van der Waals surface area (Å²) >= 11 is 0. The Bertz CT molecular complexity index is 584. The lowest BCUT2D eigenvalue weighted by Gasteiger charge is -2.33. The summed E-state index contributed by atoms with van der Waals surface area (Å²) in [6.45, 7) is 3.61. The van der Waals surface area contributed by atoms with Gasteiger partial charge in [0, 0.05) is 43.7 Å². The van der Waals surface area contributed by atoms with Crippen LogP contribution in [-0.4, -0.2) is 55.7 Å². The van der Waals surface area contributed by atoms with E-state index in [-0.39, 0.29) is 54.9 Å². The molecule has 0 radical (unpaired) electrons. The van der Waals surface area contributed by atoms with Crippen molar-refractivity contribution in [2.24, 2.45) is 0 Å². The van der Waals surface area contributed by atoms with Crippen LogP contribution in [0.3, 0.4) is 0 Å². The molecule has 5 nitrogen and oxygen atoms in total. The van der Waals surface area contributed by atoms with Crippen molar-refractivity contribution in [2.75, 3.05) is 32.8 Å². The minimum absolute atomic E-state index is 0. The van der Waals surface area contributed by atoms with Crippen molar-refractivity contribution in [1.82, 2.24) is 15.5 Å². The Morgan fingerprint density at radius 1 is 1.30 bits per heavy atom. The minimum atomic E-state index is -0.519. The smallest absolute Gasteiger partial charge is 0.221 e. The fraction of sp³-hybridized carbons (Fsp3) is 0.611. The number of halogens is 4. The van der Waals surface area contributed by atoms with Gasteiger partial charge in [-0.3, -0.25) is 9.69 Å². The molecule has 2 aliphatic heterocycles. The van der Waals surface area contributed by atoms with E-state index in [1.54, 1.807) is 0 Å². The number of hydrogen-bond donors (Lipinski definition) is 2. The number of likely N-dealkylation sites (tertiary alicyclic amines) is 1. The van der Waals surface area contributed by atoms with Gasteiger partial charge in [-0.2, -0.15) is 0 Å². The van der Waals surface area contributed by atoms with Crippen LogP contribution in [0.1, 0.15) is 24.8 Å². The molecule has 2 N–H and O–H groups in total. The highest BCUT2D eigenvalue weighted by molar-refractivity contribution is 5.85. The zero-order valence-corrected chi connectivity index (χ0v) is 16.7. The van der Waals surface area contributed by atoms with Crippen LogP contribution in [0.25, 0.3) is 0 Å². The first-order valence-corrected chi connectivity index (χ1v) is 8.87. The number of benzene rings is 1. The maximum atomic E-state index is 13.8. The minimum Gasteiger partial charge on any atom is -0.378 e. The Balaban J connectivity index is 0.00000182. The van der Waals surface area contributed by atoms with E-state index >= 15 is 0 Å². The van der Waals surface area contributed by atoms with Gasteiger partial charge in [0.15, 0.2) is 0 Å². The second-order valence-corrected chi connectivity index (χ2v) is 6.77. The third-order valence-corrected chi connectivity index (χ3v) is 4.74. The lowest BCUT2D eigenvalue weighted by molar-refractivity contribution is -0.123. The summed E-state index contributed by atoms with van der Waals surface area (Å²) in [6.07, 6.45) is 2.17. The second kappa shape index (κ2) is 11.8. The van der Waals surface area contributed by atoms with E-state index in [9.17, 15) is 13.6 Å². The molecule has 3 rings (SSSR count). The zero-order valence-electron chi connectivity index (χ0n) is 15.1. The van der Waals surface area contributed by atoms with Gasteiger partial charge in [-0.1, -0.05) is 6.07 Å². The molecule has 2 saturated heterocycles. The van der Waals surface area contributed by atoms with Crippen molar-refractivity contribution >= 4 is 30.7 Å². The number of morpholine rings is 1. The quantitative estimate of drug-likeness (QED) is 0.759. The number of amides is 1. The molecule has 2 atom stereocenters. The van der Waals surface area contributed by atoms with Crippen molar-refractivity contribution in [3.05, 3.63) is 35.4 Å². The van der Waals surface area contributed by atoms with Crippen LogP contribution in [0, 0.1) is 11.6 Å². The van der Waals surface area contributed by atoms with E-state index in [0.717, 1.165) is 25.9 Å². The first kappa shape index (κ1) is 24.0. The lowest BCUT2D eigenvalue weighted by atomic mass is 10.0. The third-order valence-electron chi connectivity index (χ3n) is 4.74. The maximum Gasteiger partial charge on any atom is 0.221 e. The van der Waals surface area contributed by atoms with E-state index in [1.165, 1.54) is 18.2 Å². The van der Waals surface area contributed by atoms with Gasteiger partial charge in [0.25, 0.3) is 0 Å². The molecule has 154 valence electrons. The average Bonchev–Trinajstić information content (AvgIpc) is 2.59. The molecule has 2 aliphatic rings. The van der Waals surface area contributed by atoms with E-state index < -0.39 is 11.6 Å². The second-order valence-electron chi connectivity index (χ2n) is 6.77. The molecule has 2 heterocycles. The maximum absolute atomic E-state index is 13.8. The lowest BCUT2D eigenvalue weighted by Crippen LogP contribution is -2.50. The van der Waals surface area contributed by atoms with Crippen LogP contribution in [0.15, 0.2) is 18.2 Å². The number of rotatable bonds is 5. The zero-order chi connectivity index (χ0) is 17.6. The molecule has 2 fully saturated rings. The van der Waals surface area contributed by atoms with E-state index in [1.807, 2.05) is 4.90 Å². The number of carbonyl (C=O) groups is 1. The first-order chi connectivity index (χ1) is 12.1. The normalized spacial score (nSPS) is 23.0. The van der Waals surface area contributed by atoms with Crippen LogP contribution >= 0.6 is 24.8 Å². The van der Waals surface area contributed by atoms with Gasteiger partial charge >= 0.3 is 0 Å². The number of nitrogens with one attached hydrogen (secondary N) is 2. The molecular formula is C18H27Cl2F2N3O2. The summed E-state index contributed by atoms with van der Waals surface area (Å²) < 4.78 is 33.0. The Hall–Kier alpha value is -0.990. The molecule has 0 saturated carbocycles. The fourth-order valence-electron chi connectivity index (χ4n) is 3.49. The van der Waals surface area contributed by atoms with Gasteiger partial charge in [0.1, 0.15) is 11.6 Å². The summed E-state index contributed by atoms with van der Waals surface area (Å²) in [7, 11) is 0. The van der Waals surface area contributed by atoms with Crippen LogP contribution in [0.4, 0.5) is 8.78 Å². The monoisotopic (exact) mass is 425 g/mol. The summed E-state index contributed by atoms with van der Waals surface area (Å²) in [5, 5.41) is 6.31. The number of piperidine rings is 1. The summed E-state index contributed by atoms with van der Waals surface area (Å²) in [6, 6.07) is 4.00. The largest absolute Gasteiger partial charge is 0.378 e. The van der Waals surface area contributed by atoms with E-state index in [2.05, 4.69) is 10.6 Å².